The molecule has 2 aromatic carbocycles. The zero-order chi connectivity index (χ0) is 17.0. The number of methoxy groups -OCH3 is 1. The van der Waals surface area contributed by atoms with Crippen LogP contribution < -0.4 is 15.0 Å². The van der Waals surface area contributed by atoms with Crippen LogP contribution in [0.25, 0.3) is 0 Å². The summed E-state index contributed by atoms with van der Waals surface area (Å²) in [5, 5.41) is 11.8. The monoisotopic (exact) mass is 314 g/mol. The molecule has 2 amide bonds. The summed E-state index contributed by atoms with van der Waals surface area (Å²) in [6, 6.07) is 11.3. The summed E-state index contributed by atoms with van der Waals surface area (Å²) >= 11 is 0. The van der Waals surface area contributed by atoms with Crippen molar-refractivity contribution in [3.63, 3.8) is 0 Å². The number of hydrogen-bond acceptors (Lipinski definition) is 4. The molecule has 0 aromatic heterocycles. The minimum Gasteiger partial charge on any atom is -0.508 e. The number of amides is 2. The molecule has 0 atom stereocenters. The normalized spacial score (nSPS) is 10.0. The summed E-state index contributed by atoms with van der Waals surface area (Å²) in [4.78, 5) is 25.6. The largest absolute Gasteiger partial charge is 0.508 e. The first-order valence-corrected chi connectivity index (χ1v) is 6.95. The molecule has 23 heavy (non-hydrogen) atoms. The van der Waals surface area contributed by atoms with Crippen molar-refractivity contribution in [2.75, 3.05) is 24.4 Å². The number of nitrogens with one attached hydrogen (secondary N) is 1. The standard InChI is InChI=1S/C17H18N2O4/c1-11-4-9-15(23-3)14(10-11)18-16(21)17(22)19(2)12-5-7-13(20)8-6-12/h4-10,20H,1-3H3,(H,18,21). The molecule has 6 nitrogen and oxygen atoms in total. The Morgan fingerprint density at radius 2 is 1.78 bits per heavy atom. The average Bonchev–Trinajstić information content (AvgIpc) is 2.54. The van der Waals surface area contributed by atoms with E-state index in [4.69, 9.17) is 4.74 Å². The van der Waals surface area contributed by atoms with E-state index in [1.165, 1.54) is 31.2 Å². The van der Waals surface area contributed by atoms with Crippen molar-refractivity contribution < 1.29 is 19.4 Å². The molecule has 0 saturated carbocycles. The maximum atomic E-state index is 12.2. The Morgan fingerprint density at radius 1 is 1.13 bits per heavy atom. The second-order valence-corrected chi connectivity index (χ2v) is 5.04. The van der Waals surface area contributed by atoms with E-state index < -0.39 is 11.8 Å². The predicted octanol–water partition coefficient (Wildman–Crippen LogP) is 2.31. The molecule has 0 heterocycles. The third kappa shape index (κ3) is 3.79. The van der Waals surface area contributed by atoms with Gasteiger partial charge in [0, 0.05) is 12.7 Å². The number of benzene rings is 2. The first-order chi connectivity index (χ1) is 10.9. The molecule has 2 aromatic rings. The van der Waals surface area contributed by atoms with Crippen LogP contribution in [-0.4, -0.2) is 31.1 Å². The summed E-state index contributed by atoms with van der Waals surface area (Å²) in [5.41, 5.74) is 1.87. The molecule has 120 valence electrons. The lowest BCUT2D eigenvalue weighted by atomic mass is 10.2. The molecule has 2 N–H and O–H groups in total. The number of hydrogen-bond donors (Lipinski definition) is 2. The van der Waals surface area contributed by atoms with Gasteiger partial charge in [0.2, 0.25) is 0 Å². The fourth-order valence-corrected chi connectivity index (χ4v) is 2.04. The van der Waals surface area contributed by atoms with Gasteiger partial charge >= 0.3 is 11.8 Å². The topological polar surface area (TPSA) is 78.9 Å². The fourth-order valence-electron chi connectivity index (χ4n) is 2.04. The Kier molecular flexibility index (Phi) is 4.85. The van der Waals surface area contributed by atoms with Crippen LogP contribution in [0.1, 0.15) is 5.56 Å². The van der Waals surface area contributed by atoms with E-state index >= 15 is 0 Å². The van der Waals surface area contributed by atoms with Crippen LogP contribution in [0.4, 0.5) is 11.4 Å². The minimum atomic E-state index is -0.774. The molecule has 0 aliphatic rings. The van der Waals surface area contributed by atoms with Gasteiger partial charge < -0.3 is 20.1 Å². The van der Waals surface area contributed by atoms with Crippen molar-refractivity contribution in [2.24, 2.45) is 0 Å². The van der Waals surface area contributed by atoms with Gasteiger partial charge in [0.1, 0.15) is 11.5 Å². The number of rotatable bonds is 3. The Hall–Kier alpha value is -3.02. The maximum absolute atomic E-state index is 12.2. The Labute approximate surface area is 134 Å². The average molecular weight is 314 g/mol. The Balaban J connectivity index is 2.15. The van der Waals surface area contributed by atoms with Crippen LogP contribution in [0.15, 0.2) is 42.5 Å². The number of nitrogens with zero attached hydrogens (tertiary/aromatic N) is 1. The fraction of sp³-hybridized carbons (Fsp3) is 0.176. The number of aryl methyl sites for hydroxylation is 1. The molecule has 0 aliphatic heterocycles. The van der Waals surface area contributed by atoms with Crippen molar-refractivity contribution in [3.8, 4) is 11.5 Å². The highest BCUT2D eigenvalue weighted by atomic mass is 16.5. The van der Waals surface area contributed by atoms with Gasteiger partial charge in [-0.1, -0.05) is 6.07 Å². The van der Waals surface area contributed by atoms with Crippen molar-refractivity contribution in [3.05, 3.63) is 48.0 Å². The SMILES string of the molecule is COc1ccc(C)cc1NC(=O)C(=O)N(C)c1ccc(O)cc1. The van der Waals surface area contributed by atoms with Crippen LogP contribution in [0.3, 0.4) is 0 Å². The van der Waals surface area contributed by atoms with Crippen LogP contribution in [-0.2, 0) is 9.59 Å². The lowest BCUT2D eigenvalue weighted by Gasteiger charge is -2.17. The van der Waals surface area contributed by atoms with Crippen LogP contribution in [0.2, 0.25) is 0 Å². The summed E-state index contributed by atoms with van der Waals surface area (Å²) in [7, 11) is 2.98. The highest BCUT2D eigenvalue weighted by Crippen LogP contribution is 2.25. The van der Waals surface area contributed by atoms with Crippen LogP contribution in [0.5, 0.6) is 11.5 Å². The van der Waals surface area contributed by atoms with E-state index in [2.05, 4.69) is 5.32 Å². The van der Waals surface area contributed by atoms with E-state index in [1.807, 2.05) is 13.0 Å². The molecule has 0 bridgehead atoms. The number of carbonyl (C=O) groups is 2. The van der Waals surface area contributed by atoms with E-state index in [0.717, 1.165) is 5.56 Å². The number of phenols is 1. The first kappa shape index (κ1) is 16.4. The van der Waals surface area contributed by atoms with Gasteiger partial charge in [-0.15, -0.1) is 0 Å². The van der Waals surface area contributed by atoms with Gasteiger partial charge in [0.05, 0.1) is 12.8 Å². The van der Waals surface area contributed by atoms with Crippen molar-refractivity contribution in [1.82, 2.24) is 0 Å². The van der Waals surface area contributed by atoms with Crippen LogP contribution in [0, 0.1) is 6.92 Å². The molecule has 0 saturated heterocycles. The minimum absolute atomic E-state index is 0.0866. The Morgan fingerprint density at radius 3 is 2.39 bits per heavy atom. The zero-order valence-corrected chi connectivity index (χ0v) is 13.2. The van der Waals surface area contributed by atoms with E-state index in [-0.39, 0.29) is 5.75 Å². The smallest absolute Gasteiger partial charge is 0.316 e. The number of ether oxygens (including phenoxy) is 1. The van der Waals surface area contributed by atoms with Crippen molar-refractivity contribution in [1.29, 1.82) is 0 Å². The van der Waals surface area contributed by atoms with Gasteiger partial charge in [0.15, 0.2) is 0 Å². The number of carbonyl (C=O) groups excluding carboxylic acids is 2. The third-order valence-electron chi connectivity index (χ3n) is 3.34. The lowest BCUT2D eigenvalue weighted by Crippen LogP contribution is -2.37. The van der Waals surface area contributed by atoms with Gasteiger partial charge in [0.25, 0.3) is 0 Å². The zero-order valence-electron chi connectivity index (χ0n) is 13.2. The van der Waals surface area contributed by atoms with Crippen molar-refractivity contribution in [2.45, 2.75) is 6.92 Å². The first-order valence-electron chi connectivity index (χ1n) is 6.95. The lowest BCUT2D eigenvalue weighted by molar-refractivity contribution is -0.134. The molecule has 0 spiro atoms. The predicted molar refractivity (Wildman–Crippen MR) is 87.9 cm³/mol. The quantitative estimate of drug-likeness (QED) is 0.852. The highest BCUT2D eigenvalue weighted by Gasteiger charge is 2.21. The molecule has 6 heteroatoms. The maximum Gasteiger partial charge on any atom is 0.316 e. The van der Waals surface area contributed by atoms with Gasteiger partial charge in [-0.05, 0) is 48.9 Å². The number of likely N-dealkylation sites (N-methyl/N-ethyl adjacent to an activating group) is 1. The Bertz CT molecular complexity index is 726. The molecular weight excluding hydrogens is 296 g/mol. The van der Waals surface area contributed by atoms with Crippen LogP contribution >= 0.6 is 0 Å². The highest BCUT2D eigenvalue weighted by molar-refractivity contribution is 6.44. The van der Waals surface area contributed by atoms with Gasteiger partial charge in [-0.3, -0.25) is 9.59 Å². The second-order valence-electron chi connectivity index (χ2n) is 5.04. The van der Waals surface area contributed by atoms with Gasteiger partial charge in [-0.25, -0.2) is 0 Å². The summed E-state index contributed by atoms with van der Waals surface area (Å²) < 4.78 is 5.17. The van der Waals surface area contributed by atoms with Crippen molar-refractivity contribution >= 4 is 23.2 Å². The third-order valence-corrected chi connectivity index (χ3v) is 3.34. The molecule has 0 radical (unpaired) electrons. The summed E-state index contributed by atoms with van der Waals surface area (Å²) in [6.45, 7) is 1.87. The summed E-state index contributed by atoms with van der Waals surface area (Å²) in [5.74, 6) is -0.934. The molecule has 2 rings (SSSR count). The number of aromatic hydroxyl groups is 1. The second kappa shape index (κ2) is 6.83. The van der Waals surface area contributed by atoms with E-state index in [9.17, 15) is 14.7 Å². The van der Waals surface area contributed by atoms with E-state index in [1.54, 1.807) is 24.3 Å². The molecule has 0 unspecified atom stereocenters. The number of anilines is 2. The molecule has 0 aliphatic carbocycles. The number of phenolic OH excluding ortho intramolecular Hbond substituents is 1. The summed E-state index contributed by atoms with van der Waals surface area (Å²) in [6.07, 6.45) is 0. The van der Waals surface area contributed by atoms with Gasteiger partial charge in [-0.2, -0.15) is 0 Å². The van der Waals surface area contributed by atoms with E-state index in [0.29, 0.717) is 17.1 Å². The molecular formula is C17H18N2O4. The molecule has 0 fully saturated rings.